The first-order valence-corrected chi connectivity index (χ1v) is 11.1. The predicted molar refractivity (Wildman–Crippen MR) is 124 cm³/mol. The van der Waals surface area contributed by atoms with Gasteiger partial charge in [-0.15, -0.1) is 0 Å². The van der Waals surface area contributed by atoms with Gasteiger partial charge in [0, 0.05) is 25.9 Å². The molecule has 0 aliphatic carbocycles. The Bertz CT molecular complexity index is 1440. The van der Waals surface area contributed by atoms with E-state index in [2.05, 4.69) is 10.3 Å². The number of aromatic nitrogens is 3. The second kappa shape index (κ2) is 8.99. The zero-order valence-electron chi connectivity index (χ0n) is 18.2. The lowest BCUT2D eigenvalue weighted by atomic mass is 10.1. The van der Waals surface area contributed by atoms with Crippen LogP contribution in [-0.4, -0.2) is 39.1 Å². The summed E-state index contributed by atoms with van der Waals surface area (Å²) in [4.78, 5) is 31.0. The molecule has 0 bridgehead atoms. The standard InChI is InChI=1S/C25H25N5O3/c26-22-19(24(31)27-16-18-9-6-14-33-18)15-20-23(28-21-10-4-5-12-29(21)25(20)32)30(22)13-11-17-7-2-1-3-8-17/h1-5,7-8,10,12,15,18,26H,6,9,11,13-14,16H2,(H,27,31)/t18-/m1/s1. The molecule has 3 aromatic heterocycles. The molecule has 8 heteroatoms. The minimum absolute atomic E-state index is 0.00923. The number of hydrogen-bond donors (Lipinski definition) is 2. The highest BCUT2D eigenvalue weighted by molar-refractivity contribution is 5.96. The van der Waals surface area contributed by atoms with Gasteiger partial charge >= 0.3 is 0 Å². The summed E-state index contributed by atoms with van der Waals surface area (Å²) >= 11 is 0. The second-order valence-electron chi connectivity index (χ2n) is 8.22. The van der Waals surface area contributed by atoms with Crippen molar-refractivity contribution in [1.29, 1.82) is 5.41 Å². The maximum absolute atomic E-state index is 13.3. The monoisotopic (exact) mass is 443 g/mol. The average molecular weight is 444 g/mol. The first kappa shape index (κ1) is 21.1. The van der Waals surface area contributed by atoms with Crippen LogP contribution in [0.4, 0.5) is 0 Å². The Kier molecular flexibility index (Phi) is 5.75. The van der Waals surface area contributed by atoms with Crippen LogP contribution in [0.1, 0.15) is 28.8 Å². The van der Waals surface area contributed by atoms with Gasteiger partial charge in [-0.1, -0.05) is 36.4 Å². The fourth-order valence-electron chi connectivity index (χ4n) is 4.27. The topological polar surface area (TPSA) is 101 Å². The van der Waals surface area contributed by atoms with Gasteiger partial charge in [0.1, 0.15) is 16.8 Å². The molecule has 4 aromatic rings. The van der Waals surface area contributed by atoms with E-state index in [-0.39, 0.29) is 28.6 Å². The largest absolute Gasteiger partial charge is 0.376 e. The number of nitrogens with zero attached hydrogens (tertiary/aromatic N) is 3. The lowest BCUT2D eigenvalue weighted by Crippen LogP contribution is -2.38. The lowest BCUT2D eigenvalue weighted by molar-refractivity contribution is 0.0856. The zero-order chi connectivity index (χ0) is 22.8. The molecule has 4 heterocycles. The molecule has 0 radical (unpaired) electrons. The molecule has 2 N–H and O–H groups in total. The van der Waals surface area contributed by atoms with Gasteiger partial charge in [-0.05, 0) is 43.0 Å². The van der Waals surface area contributed by atoms with E-state index >= 15 is 0 Å². The molecule has 0 saturated carbocycles. The first-order chi connectivity index (χ1) is 16.1. The van der Waals surface area contributed by atoms with Crippen LogP contribution in [0.25, 0.3) is 16.7 Å². The Morgan fingerprint density at radius 3 is 2.79 bits per heavy atom. The molecule has 8 nitrogen and oxygen atoms in total. The predicted octanol–water partition coefficient (Wildman–Crippen LogP) is 2.28. The SMILES string of the molecule is N=c1c(C(=O)NC[C@H]2CCCO2)cc2c(=O)n3ccccc3nc2n1CCc1ccccc1. The Morgan fingerprint density at radius 1 is 1.18 bits per heavy atom. The average Bonchev–Trinajstić information content (AvgIpc) is 3.36. The highest BCUT2D eigenvalue weighted by Gasteiger charge is 2.20. The van der Waals surface area contributed by atoms with Crippen LogP contribution in [0.5, 0.6) is 0 Å². The van der Waals surface area contributed by atoms with Gasteiger partial charge in [-0.2, -0.15) is 0 Å². The van der Waals surface area contributed by atoms with Gasteiger partial charge in [0.05, 0.1) is 17.1 Å². The van der Waals surface area contributed by atoms with E-state index in [9.17, 15) is 9.59 Å². The summed E-state index contributed by atoms with van der Waals surface area (Å²) in [6.07, 6.45) is 4.17. The summed E-state index contributed by atoms with van der Waals surface area (Å²) < 4.78 is 8.71. The van der Waals surface area contributed by atoms with Gasteiger partial charge < -0.3 is 14.6 Å². The third kappa shape index (κ3) is 4.17. The molecule has 1 amide bonds. The summed E-state index contributed by atoms with van der Waals surface area (Å²) in [7, 11) is 0. The molecule has 0 unspecified atom stereocenters. The van der Waals surface area contributed by atoms with Crippen molar-refractivity contribution in [2.75, 3.05) is 13.2 Å². The number of rotatable bonds is 6. The van der Waals surface area contributed by atoms with Crippen LogP contribution in [-0.2, 0) is 17.7 Å². The fourth-order valence-corrected chi connectivity index (χ4v) is 4.27. The molecular formula is C25H25N5O3. The number of carbonyl (C=O) groups excluding carboxylic acids is 1. The molecular weight excluding hydrogens is 418 g/mol. The molecule has 1 aromatic carbocycles. The molecule has 1 saturated heterocycles. The Morgan fingerprint density at radius 2 is 2.00 bits per heavy atom. The van der Waals surface area contributed by atoms with Crippen molar-refractivity contribution in [2.24, 2.45) is 0 Å². The second-order valence-corrected chi connectivity index (χ2v) is 8.22. The van der Waals surface area contributed by atoms with Crippen LogP contribution < -0.4 is 16.4 Å². The summed E-state index contributed by atoms with van der Waals surface area (Å²) in [5.41, 5.74) is 1.93. The summed E-state index contributed by atoms with van der Waals surface area (Å²) in [6, 6.07) is 16.8. The smallest absolute Gasteiger partial charge is 0.267 e. The molecule has 1 fully saturated rings. The van der Waals surface area contributed by atoms with Crippen LogP contribution in [0.3, 0.4) is 0 Å². The molecule has 1 aliphatic rings. The zero-order valence-corrected chi connectivity index (χ0v) is 18.2. The summed E-state index contributed by atoms with van der Waals surface area (Å²) in [6.45, 7) is 1.51. The minimum atomic E-state index is -0.386. The molecule has 5 rings (SSSR count). The van der Waals surface area contributed by atoms with Crippen molar-refractivity contribution < 1.29 is 9.53 Å². The lowest BCUT2D eigenvalue weighted by Gasteiger charge is -2.16. The summed E-state index contributed by atoms with van der Waals surface area (Å²) in [5, 5.41) is 12.0. The van der Waals surface area contributed by atoms with Crippen LogP contribution >= 0.6 is 0 Å². The van der Waals surface area contributed by atoms with E-state index in [1.54, 1.807) is 22.9 Å². The maximum Gasteiger partial charge on any atom is 0.267 e. The highest BCUT2D eigenvalue weighted by Crippen LogP contribution is 2.13. The Hall–Kier alpha value is -3.78. The van der Waals surface area contributed by atoms with Crippen LogP contribution in [0.2, 0.25) is 0 Å². The number of amides is 1. The Balaban J connectivity index is 1.60. The van der Waals surface area contributed by atoms with E-state index in [1.165, 1.54) is 10.5 Å². The normalized spacial score (nSPS) is 15.8. The molecule has 1 atom stereocenters. The van der Waals surface area contributed by atoms with Gasteiger partial charge in [-0.3, -0.25) is 19.4 Å². The maximum atomic E-state index is 13.3. The van der Waals surface area contributed by atoms with Crippen LogP contribution in [0.15, 0.2) is 65.6 Å². The van der Waals surface area contributed by atoms with E-state index in [0.29, 0.717) is 42.8 Å². The minimum Gasteiger partial charge on any atom is -0.376 e. The molecule has 0 spiro atoms. The fraction of sp³-hybridized carbons (Fsp3) is 0.280. The van der Waals surface area contributed by atoms with E-state index in [1.807, 2.05) is 36.4 Å². The highest BCUT2D eigenvalue weighted by atomic mass is 16.5. The van der Waals surface area contributed by atoms with Gasteiger partial charge in [-0.25, -0.2) is 4.98 Å². The number of pyridine rings is 2. The van der Waals surface area contributed by atoms with Crippen molar-refractivity contribution in [2.45, 2.75) is 31.9 Å². The third-order valence-corrected chi connectivity index (χ3v) is 6.04. The molecule has 33 heavy (non-hydrogen) atoms. The molecule has 168 valence electrons. The Labute approximate surface area is 190 Å². The van der Waals surface area contributed by atoms with Crippen molar-refractivity contribution in [3.8, 4) is 0 Å². The van der Waals surface area contributed by atoms with Gasteiger partial charge in [0.2, 0.25) is 0 Å². The van der Waals surface area contributed by atoms with Gasteiger partial charge in [0.15, 0.2) is 0 Å². The summed E-state index contributed by atoms with van der Waals surface area (Å²) in [5.74, 6) is -0.386. The van der Waals surface area contributed by atoms with Crippen molar-refractivity contribution in [3.05, 3.63) is 87.8 Å². The van der Waals surface area contributed by atoms with E-state index < -0.39 is 0 Å². The number of ether oxygens (including phenoxy) is 1. The number of benzene rings is 1. The number of fused-ring (bicyclic) bond motifs is 2. The quantitative estimate of drug-likeness (QED) is 0.447. The van der Waals surface area contributed by atoms with Crippen molar-refractivity contribution in [3.63, 3.8) is 0 Å². The van der Waals surface area contributed by atoms with E-state index in [4.69, 9.17) is 10.1 Å². The van der Waals surface area contributed by atoms with Gasteiger partial charge in [0.25, 0.3) is 11.5 Å². The molecule has 1 aliphatic heterocycles. The van der Waals surface area contributed by atoms with Crippen molar-refractivity contribution >= 4 is 22.6 Å². The number of hydrogen-bond acceptors (Lipinski definition) is 5. The third-order valence-electron chi connectivity index (χ3n) is 6.04. The van der Waals surface area contributed by atoms with Crippen molar-refractivity contribution in [1.82, 2.24) is 19.3 Å². The number of nitrogens with one attached hydrogen (secondary N) is 2. The van der Waals surface area contributed by atoms with E-state index in [0.717, 1.165) is 18.4 Å². The first-order valence-electron chi connectivity index (χ1n) is 11.1. The number of aryl methyl sites for hydroxylation is 2. The number of carbonyl (C=O) groups is 1. The van der Waals surface area contributed by atoms with Crippen LogP contribution in [0, 0.1) is 5.41 Å².